The average Bonchev–Trinajstić information content (AvgIpc) is 2.54. The lowest BCUT2D eigenvalue weighted by atomic mass is 10.1. The summed E-state index contributed by atoms with van der Waals surface area (Å²) in [5.41, 5.74) is 3.60. The standard InChI is InChI=1S/C18H20N2O2S/c1-12-7-9-14(10-8-12)13(2)19-18(23)20-16-6-4-5-15(11-16)17(21)22-3/h4-11,13H,1-3H3,(H2,19,20,23). The Balaban J connectivity index is 1.99. The van der Waals surface area contributed by atoms with Crippen molar-refractivity contribution >= 4 is 29.0 Å². The number of methoxy groups -OCH3 is 1. The molecular formula is C18H20N2O2S. The van der Waals surface area contributed by atoms with E-state index in [2.05, 4.69) is 41.8 Å². The highest BCUT2D eigenvalue weighted by Gasteiger charge is 2.09. The van der Waals surface area contributed by atoms with E-state index < -0.39 is 0 Å². The molecule has 0 aliphatic heterocycles. The van der Waals surface area contributed by atoms with Crippen LogP contribution in [0.25, 0.3) is 0 Å². The summed E-state index contributed by atoms with van der Waals surface area (Å²) in [5, 5.41) is 6.82. The number of hydrogen-bond acceptors (Lipinski definition) is 3. The lowest BCUT2D eigenvalue weighted by molar-refractivity contribution is 0.0601. The molecule has 0 radical (unpaired) electrons. The van der Waals surface area contributed by atoms with Gasteiger partial charge < -0.3 is 15.4 Å². The van der Waals surface area contributed by atoms with Crippen molar-refractivity contribution < 1.29 is 9.53 Å². The molecule has 120 valence electrons. The van der Waals surface area contributed by atoms with Gasteiger partial charge in [-0.2, -0.15) is 0 Å². The predicted octanol–water partition coefficient (Wildman–Crippen LogP) is 3.83. The maximum absolute atomic E-state index is 11.5. The third-order valence-electron chi connectivity index (χ3n) is 3.47. The zero-order valence-electron chi connectivity index (χ0n) is 13.4. The lowest BCUT2D eigenvalue weighted by Crippen LogP contribution is -2.30. The smallest absolute Gasteiger partial charge is 0.337 e. The summed E-state index contributed by atoms with van der Waals surface area (Å²) in [4.78, 5) is 11.5. The second-order valence-electron chi connectivity index (χ2n) is 5.30. The maximum atomic E-state index is 11.5. The molecule has 2 N–H and O–H groups in total. The number of esters is 1. The molecule has 1 unspecified atom stereocenters. The van der Waals surface area contributed by atoms with Gasteiger partial charge in [-0.3, -0.25) is 0 Å². The molecule has 0 heterocycles. The van der Waals surface area contributed by atoms with E-state index in [0.717, 1.165) is 11.3 Å². The molecule has 2 aromatic carbocycles. The minimum Gasteiger partial charge on any atom is -0.465 e. The average molecular weight is 328 g/mol. The van der Waals surface area contributed by atoms with Crippen molar-refractivity contribution in [1.29, 1.82) is 0 Å². The van der Waals surface area contributed by atoms with E-state index in [1.807, 2.05) is 13.0 Å². The zero-order valence-corrected chi connectivity index (χ0v) is 14.2. The summed E-state index contributed by atoms with van der Waals surface area (Å²) < 4.78 is 4.71. The Hall–Kier alpha value is -2.40. The van der Waals surface area contributed by atoms with Crippen LogP contribution in [0.4, 0.5) is 5.69 Å². The van der Waals surface area contributed by atoms with E-state index in [1.54, 1.807) is 18.2 Å². The van der Waals surface area contributed by atoms with E-state index in [-0.39, 0.29) is 12.0 Å². The van der Waals surface area contributed by atoms with Crippen LogP contribution in [0.2, 0.25) is 0 Å². The van der Waals surface area contributed by atoms with E-state index in [9.17, 15) is 4.79 Å². The summed E-state index contributed by atoms with van der Waals surface area (Å²) in [6, 6.07) is 15.4. The maximum Gasteiger partial charge on any atom is 0.337 e. The molecular weight excluding hydrogens is 308 g/mol. The molecule has 5 heteroatoms. The SMILES string of the molecule is COC(=O)c1cccc(NC(=S)NC(C)c2ccc(C)cc2)c1. The Morgan fingerprint density at radius 3 is 2.52 bits per heavy atom. The quantitative estimate of drug-likeness (QED) is 0.660. The Labute approximate surface area is 141 Å². The van der Waals surface area contributed by atoms with Crippen LogP contribution >= 0.6 is 12.2 Å². The molecule has 2 aromatic rings. The molecule has 0 saturated carbocycles. The van der Waals surface area contributed by atoms with Crippen molar-refractivity contribution in [3.05, 3.63) is 65.2 Å². The summed E-state index contributed by atoms with van der Waals surface area (Å²) in [7, 11) is 1.36. The number of anilines is 1. The highest BCUT2D eigenvalue weighted by atomic mass is 32.1. The van der Waals surface area contributed by atoms with Gasteiger partial charge in [-0.15, -0.1) is 0 Å². The number of rotatable bonds is 4. The van der Waals surface area contributed by atoms with Gasteiger partial charge in [0.1, 0.15) is 0 Å². The number of benzene rings is 2. The van der Waals surface area contributed by atoms with E-state index >= 15 is 0 Å². The van der Waals surface area contributed by atoms with Crippen molar-refractivity contribution in [2.24, 2.45) is 0 Å². The van der Waals surface area contributed by atoms with Crippen LogP contribution < -0.4 is 10.6 Å². The Morgan fingerprint density at radius 1 is 1.17 bits per heavy atom. The Bertz CT molecular complexity index is 698. The summed E-state index contributed by atoms with van der Waals surface area (Å²) in [6.45, 7) is 4.10. The monoisotopic (exact) mass is 328 g/mol. The minimum absolute atomic E-state index is 0.0828. The molecule has 23 heavy (non-hydrogen) atoms. The zero-order chi connectivity index (χ0) is 16.8. The second-order valence-corrected chi connectivity index (χ2v) is 5.71. The number of hydrogen-bond donors (Lipinski definition) is 2. The molecule has 0 spiro atoms. The first-order valence-corrected chi connectivity index (χ1v) is 7.73. The Morgan fingerprint density at radius 2 is 1.87 bits per heavy atom. The summed E-state index contributed by atoms with van der Waals surface area (Å²) in [6.07, 6.45) is 0. The van der Waals surface area contributed by atoms with Crippen LogP contribution in [-0.2, 0) is 4.74 Å². The van der Waals surface area contributed by atoms with Crippen molar-refractivity contribution in [3.8, 4) is 0 Å². The molecule has 0 saturated heterocycles. The van der Waals surface area contributed by atoms with E-state index in [0.29, 0.717) is 10.7 Å². The largest absolute Gasteiger partial charge is 0.465 e. The van der Waals surface area contributed by atoms with Crippen LogP contribution in [0, 0.1) is 6.92 Å². The van der Waals surface area contributed by atoms with Crippen LogP contribution in [-0.4, -0.2) is 18.2 Å². The molecule has 0 bridgehead atoms. The highest BCUT2D eigenvalue weighted by molar-refractivity contribution is 7.80. The topological polar surface area (TPSA) is 50.4 Å². The van der Waals surface area contributed by atoms with Gasteiger partial charge in [0.2, 0.25) is 0 Å². The molecule has 0 aromatic heterocycles. The van der Waals surface area contributed by atoms with Crippen molar-refractivity contribution in [1.82, 2.24) is 5.32 Å². The third-order valence-corrected chi connectivity index (χ3v) is 3.69. The van der Waals surface area contributed by atoms with Gasteiger partial charge in [0, 0.05) is 5.69 Å². The van der Waals surface area contributed by atoms with Gasteiger partial charge in [0.15, 0.2) is 5.11 Å². The number of carbonyl (C=O) groups excluding carboxylic acids is 1. The molecule has 0 aliphatic rings. The van der Waals surface area contributed by atoms with E-state index in [1.165, 1.54) is 12.7 Å². The van der Waals surface area contributed by atoms with Crippen molar-refractivity contribution in [3.63, 3.8) is 0 Å². The molecule has 1 atom stereocenters. The van der Waals surface area contributed by atoms with Gasteiger partial charge in [0.05, 0.1) is 18.7 Å². The first-order chi connectivity index (χ1) is 11.0. The first-order valence-electron chi connectivity index (χ1n) is 7.32. The number of ether oxygens (including phenoxy) is 1. The van der Waals surface area contributed by atoms with Gasteiger partial charge in [0.25, 0.3) is 0 Å². The summed E-state index contributed by atoms with van der Waals surface area (Å²) >= 11 is 5.34. The molecule has 0 amide bonds. The fourth-order valence-corrected chi connectivity index (χ4v) is 2.44. The normalized spacial score (nSPS) is 11.4. The van der Waals surface area contributed by atoms with Gasteiger partial charge in [-0.05, 0) is 49.8 Å². The number of carbonyl (C=O) groups is 1. The molecule has 0 fully saturated rings. The fraction of sp³-hybridized carbons (Fsp3) is 0.222. The van der Waals surface area contributed by atoms with Crippen LogP contribution in [0.3, 0.4) is 0 Å². The fourth-order valence-electron chi connectivity index (χ4n) is 2.14. The van der Waals surface area contributed by atoms with Crippen LogP contribution in [0.1, 0.15) is 34.5 Å². The first kappa shape index (κ1) is 17.0. The third kappa shape index (κ3) is 4.79. The lowest BCUT2D eigenvalue weighted by Gasteiger charge is -2.18. The van der Waals surface area contributed by atoms with E-state index in [4.69, 9.17) is 17.0 Å². The highest BCUT2D eigenvalue weighted by Crippen LogP contribution is 2.15. The van der Waals surface area contributed by atoms with Crippen LogP contribution in [0.15, 0.2) is 48.5 Å². The van der Waals surface area contributed by atoms with Gasteiger partial charge >= 0.3 is 5.97 Å². The second kappa shape index (κ2) is 7.74. The molecule has 4 nitrogen and oxygen atoms in total. The van der Waals surface area contributed by atoms with Crippen molar-refractivity contribution in [2.45, 2.75) is 19.9 Å². The van der Waals surface area contributed by atoms with Gasteiger partial charge in [-0.1, -0.05) is 35.9 Å². The number of aryl methyl sites for hydroxylation is 1. The Kier molecular flexibility index (Phi) is 5.71. The van der Waals surface area contributed by atoms with Crippen molar-refractivity contribution in [2.75, 3.05) is 12.4 Å². The van der Waals surface area contributed by atoms with Crippen LogP contribution in [0.5, 0.6) is 0 Å². The number of thiocarbonyl (C=S) groups is 1. The minimum atomic E-state index is -0.374. The molecule has 0 aliphatic carbocycles. The summed E-state index contributed by atoms with van der Waals surface area (Å²) in [5.74, 6) is -0.374. The van der Waals surface area contributed by atoms with Gasteiger partial charge in [-0.25, -0.2) is 4.79 Å². The number of nitrogens with one attached hydrogen (secondary N) is 2. The molecule has 2 rings (SSSR count). The predicted molar refractivity (Wildman–Crippen MR) is 96.7 cm³/mol.